The molecule has 3 heterocycles. The van der Waals surface area contributed by atoms with Gasteiger partial charge in [-0.1, -0.05) is 57.8 Å². The van der Waals surface area contributed by atoms with Crippen molar-refractivity contribution in [2.45, 2.75) is 51.6 Å². The first-order chi connectivity index (χ1) is 19.5. The van der Waals surface area contributed by atoms with Crippen LogP contribution in [0.25, 0.3) is 10.9 Å². The highest BCUT2D eigenvalue weighted by molar-refractivity contribution is 7.97. The van der Waals surface area contributed by atoms with Gasteiger partial charge in [-0.15, -0.1) is 0 Å². The van der Waals surface area contributed by atoms with Crippen molar-refractivity contribution in [1.29, 1.82) is 0 Å². The van der Waals surface area contributed by atoms with Crippen LogP contribution >= 0.6 is 35.1 Å². The van der Waals surface area contributed by atoms with Gasteiger partial charge >= 0.3 is 0 Å². The monoisotopic (exact) mass is 623 g/mol. The number of carbonyl (C=O) groups is 3. The summed E-state index contributed by atoms with van der Waals surface area (Å²) in [5.74, 6) is -0.273. The summed E-state index contributed by atoms with van der Waals surface area (Å²) in [6, 6.07) is 10.8. The minimum absolute atomic E-state index is 0.00712. The van der Waals surface area contributed by atoms with Crippen LogP contribution in [0.4, 0.5) is 4.39 Å². The van der Waals surface area contributed by atoms with Crippen LogP contribution in [0, 0.1) is 11.7 Å². The third-order valence-corrected chi connectivity index (χ3v) is 7.70. The van der Waals surface area contributed by atoms with Crippen LogP contribution in [-0.2, 0) is 9.59 Å². The van der Waals surface area contributed by atoms with Gasteiger partial charge in [0.25, 0.3) is 5.91 Å². The van der Waals surface area contributed by atoms with Crippen LogP contribution in [0.3, 0.4) is 0 Å². The zero-order valence-corrected chi connectivity index (χ0v) is 26.1. The van der Waals surface area contributed by atoms with Crippen LogP contribution in [0.5, 0.6) is 0 Å². The largest absolute Gasteiger partial charge is 0.351 e. The summed E-state index contributed by atoms with van der Waals surface area (Å²) in [6.45, 7) is 11.4. The highest BCUT2D eigenvalue weighted by Crippen LogP contribution is 2.34. The second-order valence-electron chi connectivity index (χ2n) is 10.1. The number of carbonyl (C=O) groups excluding carboxylic acids is 3. The summed E-state index contributed by atoms with van der Waals surface area (Å²) in [7, 11) is 0. The minimum atomic E-state index is -0.444. The Labute approximate surface area is 254 Å². The van der Waals surface area contributed by atoms with Gasteiger partial charge in [0.1, 0.15) is 11.5 Å². The van der Waals surface area contributed by atoms with Gasteiger partial charge < -0.3 is 20.1 Å². The van der Waals surface area contributed by atoms with Gasteiger partial charge in [0.2, 0.25) is 11.8 Å². The highest BCUT2D eigenvalue weighted by Gasteiger charge is 2.54. The van der Waals surface area contributed by atoms with E-state index in [4.69, 9.17) is 23.2 Å². The van der Waals surface area contributed by atoms with Gasteiger partial charge in [-0.3, -0.25) is 19.1 Å². The van der Waals surface area contributed by atoms with Crippen molar-refractivity contribution in [2.75, 3.05) is 26.2 Å². The van der Waals surface area contributed by atoms with Gasteiger partial charge in [0, 0.05) is 33.9 Å². The summed E-state index contributed by atoms with van der Waals surface area (Å²) < 4.78 is 16.3. The van der Waals surface area contributed by atoms with Crippen LogP contribution < -0.4 is 10.0 Å². The molecule has 2 saturated heterocycles. The van der Waals surface area contributed by atoms with Crippen LogP contribution in [0.1, 0.15) is 45.1 Å². The smallest absolute Gasteiger partial charge is 0.268 e. The Hall–Kier alpha value is -2.79. The number of H-pyrrole nitrogens is 1. The summed E-state index contributed by atoms with van der Waals surface area (Å²) in [4.78, 5) is 44.5. The fourth-order valence-corrected chi connectivity index (χ4v) is 5.41. The third kappa shape index (κ3) is 8.38. The van der Waals surface area contributed by atoms with Crippen molar-refractivity contribution in [3.63, 3.8) is 0 Å². The van der Waals surface area contributed by atoms with E-state index in [0.29, 0.717) is 34.0 Å². The highest BCUT2D eigenvalue weighted by atomic mass is 35.5. The predicted octanol–water partition coefficient (Wildman–Crippen LogP) is 5.75. The van der Waals surface area contributed by atoms with Crippen molar-refractivity contribution >= 4 is 63.8 Å². The average Bonchev–Trinajstić information content (AvgIpc) is 3.34. The summed E-state index contributed by atoms with van der Waals surface area (Å²) >= 11 is 13.3. The van der Waals surface area contributed by atoms with E-state index in [0.717, 1.165) is 10.8 Å². The van der Waals surface area contributed by atoms with E-state index in [-0.39, 0.29) is 48.5 Å². The molecule has 2 fully saturated rings. The van der Waals surface area contributed by atoms with Gasteiger partial charge in [-0.05, 0) is 60.3 Å². The molecular weight excluding hydrogens is 588 g/mol. The molecular formula is C29H36Cl2FN5O3S. The molecule has 41 heavy (non-hydrogen) atoms. The number of amides is 3. The van der Waals surface area contributed by atoms with Crippen molar-refractivity contribution in [2.24, 2.45) is 5.92 Å². The lowest BCUT2D eigenvalue weighted by molar-refractivity contribution is -0.175. The number of aromatic amines is 1. The Balaban J connectivity index is 0.000000710. The number of benzene rings is 2. The SMILES string of the molecule is CC.CC(C)C.O=C(NCC(=O)N1CC2C1CN2C(=O)CNSc1cc(Cl)ccc1Cl)c1cc2cc(F)ccc2[nH]1. The number of nitrogens with zero attached hydrogens (tertiary/aromatic N) is 2. The van der Waals surface area contributed by atoms with E-state index in [1.54, 1.807) is 40.1 Å². The lowest BCUT2D eigenvalue weighted by Crippen LogP contribution is -2.81. The standard InChI is InChI=1S/C23H20Cl2FN5O3S.C4H10.C2H6/c24-13-1-3-15(25)20(7-13)35-28-9-22(33)31-11-18-19(31)10-30(18)21(32)8-27-23(34)17-6-12-5-14(26)2-4-16(12)29-17;1-4(2)3;1-2/h1-7,18-19,28-29H,8-11H2,(H,27,34);4H,1-3H3;1-2H3. The number of likely N-dealkylation sites (tertiary alicyclic amines) is 2. The lowest BCUT2D eigenvalue weighted by Gasteiger charge is -2.61. The van der Waals surface area contributed by atoms with Crippen LogP contribution in [-0.4, -0.2) is 70.8 Å². The molecule has 5 rings (SSSR count). The maximum absolute atomic E-state index is 13.3. The normalized spacial score (nSPS) is 16.9. The molecule has 0 saturated carbocycles. The first-order valence-corrected chi connectivity index (χ1v) is 15.1. The maximum atomic E-state index is 13.3. The van der Waals surface area contributed by atoms with E-state index < -0.39 is 5.91 Å². The van der Waals surface area contributed by atoms with Gasteiger partial charge in [0.15, 0.2) is 0 Å². The number of nitrogens with one attached hydrogen (secondary N) is 3. The topological polar surface area (TPSA) is 97.5 Å². The molecule has 2 aromatic carbocycles. The van der Waals surface area contributed by atoms with E-state index in [9.17, 15) is 18.8 Å². The summed E-state index contributed by atoms with van der Waals surface area (Å²) in [5, 5.41) is 4.28. The van der Waals surface area contributed by atoms with Gasteiger partial charge in [-0.2, -0.15) is 0 Å². The third-order valence-electron chi connectivity index (χ3n) is 6.18. The number of hydrogen-bond acceptors (Lipinski definition) is 5. The molecule has 8 nitrogen and oxygen atoms in total. The maximum Gasteiger partial charge on any atom is 0.268 e. The van der Waals surface area contributed by atoms with Crippen molar-refractivity contribution in [1.82, 2.24) is 24.8 Å². The number of hydrogen-bond donors (Lipinski definition) is 3. The first kappa shape index (κ1) is 32.7. The molecule has 222 valence electrons. The van der Waals surface area contributed by atoms with Crippen LogP contribution in [0.2, 0.25) is 10.0 Å². The van der Waals surface area contributed by atoms with Gasteiger partial charge in [-0.25, -0.2) is 4.39 Å². The number of fused-ring (bicyclic) bond motifs is 2. The molecule has 3 aromatic rings. The Morgan fingerprint density at radius 2 is 1.59 bits per heavy atom. The van der Waals surface area contributed by atoms with E-state index in [1.165, 1.54) is 24.1 Å². The molecule has 2 atom stereocenters. The molecule has 0 spiro atoms. The van der Waals surface area contributed by atoms with Crippen molar-refractivity contribution in [3.05, 3.63) is 64.0 Å². The predicted molar refractivity (Wildman–Crippen MR) is 164 cm³/mol. The minimum Gasteiger partial charge on any atom is -0.351 e. The molecule has 12 heteroatoms. The quantitative estimate of drug-likeness (QED) is 0.291. The van der Waals surface area contributed by atoms with E-state index >= 15 is 0 Å². The Kier molecular flexibility index (Phi) is 11.9. The molecule has 3 N–H and O–H groups in total. The van der Waals surface area contributed by atoms with Crippen molar-refractivity contribution in [3.8, 4) is 0 Å². The summed E-state index contributed by atoms with van der Waals surface area (Å²) in [5.41, 5.74) is 0.890. The molecule has 0 bridgehead atoms. The molecule has 2 aliphatic heterocycles. The van der Waals surface area contributed by atoms with E-state index in [2.05, 4.69) is 35.8 Å². The zero-order valence-electron chi connectivity index (χ0n) is 23.8. The number of halogens is 3. The Morgan fingerprint density at radius 1 is 0.976 bits per heavy atom. The fraction of sp³-hybridized carbons (Fsp3) is 0.414. The van der Waals surface area contributed by atoms with Gasteiger partial charge in [0.05, 0.1) is 30.2 Å². The van der Waals surface area contributed by atoms with E-state index in [1.807, 2.05) is 13.8 Å². The Morgan fingerprint density at radius 3 is 2.20 bits per heavy atom. The lowest BCUT2D eigenvalue weighted by atomic mass is 9.85. The molecule has 0 radical (unpaired) electrons. The van der Waals surface area contributed by atoms with Crippen molar-refractivity contribution < 1.29 is 18.8 Å². The van der Waals surface area contributed by atoms with Crippen LogP contribution in [0.15, 0.2) is 47.4 Å². The molecule has 3 amide bonds. The summed E-state index contributed by atoms with van der Waals surface area (Å²) in [6.07, 6.45) is 0. The average molecular weight is 625 g/mol. The number of rotatable bonds is 7. The second-order valence-corrected chi connectivity index (χ2v) is 11.8. The molecule has 2 aliphatic rings. The Bertz CT molecular complexity index is 1380. The zero-order chi connectivity index (χ0) is 30.3. The molecule has 2 unspecified atom stereocenters. The molecule has 1 aromatic heterocycles. The molecule has 0 aliphatic carbocycles. The number of aromatic nitrogens is 1. The number of piperazine rings is 1. The second kappa shape index (κ2) is 14.9. The fourth-order valence-electron chi connectivity index (χ4n) is 4.24. The first-order valence-electron chi connectivity index (χ1n) is 13.5.